The van der Waals surface area contributed by atoms with Crippen LogP contribution < -0.4 is 8.96 Å². The summed E-state index contributed by atoms with van der Waals surface area (Å²) in [5.74, 6) is 8.38. The van der Waals surface area contributed by atoms with Gasteiger partial charge < -0.3 is 0 Å². The summed E-state index contributed by atoms with van der Waals surface area (Å²) in [7, 11) is 2.22. The van der Waals surface area contributed by atoms with Crippen LogP contribution in [0.1, 0.15) is 42.7 Å². The normalized spacial score (nSPS) is 16.0. The third-order valence-electron chi connectivity index (χ3n) is 5.33. The molecule has 0 saturated heterocycles. The molecule has 1 aliphatic rings. The van der Waals surface area contributed by atoms with Gasteiger partial charge in [-0.15, -0.1) is 0 Å². The van der Waals surface area contributed by atoms with Gasteiger partial charge in [-0.25, -0.2) is 0 Å². The summed E-state index contributed by atoms with van der Waals surface area (Å²) in [6, 6.07) is 11.3. The second-order valence-electron chi connectivity index (χ2n) is 8.18. The molecule has 0 amide bonds. The first-order valence-corrected chi connectivity index (χ1v) is 16.3. The van der Waals surface area contributed by atoms with E-state index in [4.69, 9.17) is 0 Å². The van der Waals surface area contributed by atoms with Crippen molar-refractivity contribution in [2.75, 3.05) is 0 Å². The molecule has 2 aromatic rings. The average molecular weight is 369 g/mol. The van der Waals surface area contributed by atoms with Crippen molar-refractivity contribution < 1.29 is 4.57 Å². The fourth-order valence-electron chi connectivity index (χ4n) is 3.99. The van der Waals surface area contributed by atoms with E-state index in [1.807, 2.05) is 0 Å². The summed E-state index contributed by atoms with van der Waals surface area (Å²) in [4.78, 5) is 0. The predicted octanol–water partition coefficient (Wildman–Crippen LogP) is 4.69. The van der Waals surface area contributed by atoms with Crippen molar-refractivity contribution in [2.45, 2.75) is 55.8 Å². The van der Waals surface area contributed by atoms with Gasteiger partial charge in [0.05, 0.1) is 0 Å². The van der Waals surface area contributed by atoms with E-state index in [1.165, 1.54) is 42.5 Å². The Morgan fingerprint density at radius 1 is 1.04 bits per heavy atom. The van der Waals surface area contributed by atoms with E-state index in [2.05, 4.69) is 72.3 Å². The number of hydrogen-bond donors (Lipinski definition) is 0. The molecule has 0 radical (unpaired) electrons. The Morgan fingerprint density at radius 2 is 1.70 bits per heavy atom. The van der Waals surface area contributed by atoms with Crippen molar-refractivity contribution in [1.29, 1.82) is 0 Å². The van der Waals surface area contributed by atoms with E-state index in [1.54, 1.807) is 9.96 Å². The van der Waals surface area contributed by atoms with E-state index < -0.39 is 13.3 Å². The van der Waals surface area contributed by atoms with Crippen molar-refractivity contribution >= 4 is 17.7 Å². The average Bonchev–Trinajstić information content (AvgIpc) is 3.01. The van der Waals surface area contributed by atoms with Gasteiger partial charge in [-0.2, -0.15) is 0 Å². The fraction of sp³-hybridized carbons (Fsp3) is 0.476. The van der Waals surface area contributed by atoms with Crippen LogP contribution in [0.3, 0.4) is 0 Å². The molecule has 0 N–H and O–H groups in total. The zero-order valence-electron chi connectivity index (χ0n) is 15.3. The topological polar surface area (TPSA) is 3.88 Å². The maximum absolute atomic E-state index is 2.53. The van der Waals surface area contributed by atoms with Gasteiger partial charge in [-0.3, -0.25) is 0 Å². The van der Waals surface area contributed by atoms with Crippen molar-refractivity contribution in [3.8, 4) is 11.3 Å². The standard InChI is InChI=1S/C21H30GeN/c1-16-10-6-9-13-18(16)21-14-19(17-11-7-8-12-17)20(15-23(21)5)22(2,3)4/h6,9-10,13-15,17H,7-8,11-12H2,1-5H3/q+1. The molecule has 1 aromatic heterocycles. The van der Waals surface area contributed by atoms with Crippen LogP contribution in [0.25, 0.3) is 11.3 Å². The second kappa shape index (κ2) is 6.43. The SMILES string of the molecule is Cc1ccccc1-c1cc(C2CCCC2)[c]([Ge]([CH3])([CH3])[CH3])c[n+]1C. The van der Waals surface area contributed by atoms with Gasteiger partial charge in [0, 0.05) is 0 Å². The van der Waals surface area contributed by atoms with Gasteiger partial charge in [0.1, 0.15) is 0 Å². The molecule has 0 atom stereocenters. The molecule has 2 heteroatoms. The van der Waals surface area contributed by atoms with Crippen LogP contribution >= 0.6 is 0 Å². The second-order valence-corrected chi connectivity index (χ2v) is 18.8. The summed E-state index contributed by atoms with van der Waals surface area (Å²) in [5, 5.41) is 0. The molecule has 1 heterocycles. The fourth-order valence-corrected chi connectivity index (χ4v) is 7.61. The van der Waals surface area contributed by atoms with E-state index in [-0.39, 0.29) is 0 Å². The Kier molecular flexibility index (Phi) is 4.69. The molecule has 122 valence electrons. The molecule has 0 spiro atoms. The Hall–Kier alpha value is -1.09. The van der Waals surface area contributed by atoms with Gasteiger partial charge in [0.2, 0.25) is 0 Å². The number of nitrogens with zero attached hydrogens (tertiary/aromatic N) is 1. The Labute approximate surface area is 144 Å². The zero-order valence-corrected chi connectivity index (χ0v) is 17.4. The molecule has 1 saturated carbocycles. The molecule has 1 fully saturated rings. The predicted molar refractivity (Wildman–Crippen MR) is 102 cm³/mol. The van der Waals surface area contributed by atoms with Crippen LogP contribution in [0, 0.1) is 6.92 Å². The van der Waals surface area contributed by atoms with Crippen molar-refractivity contribution in [3.05, 3.63) is 47.7 Å². The maximum atomic E-state index is 2.53. The molecule has 0 aliphatic heterocycles. The van der Waals surface area contributed by atoms with E-state index in [0.717, 1.165) is 5.92 Å². The van der Waals surface area contributed by atoms with Gasteiger partial charge >= 0.3 is 144 Å². The van der Waals surface area contributed by atoms with Crippen molar-refractivity contribution in [2.24, 2.45) is 7.05 Å². The third kappa shape index (κ3) is 3.40. The number of benzene rings is 1. The molecule has 23 heavy (non-hydrogen) atoms. The minimum atomic E-state index is -1.87. The first kappa shape index (κ1) is 16.8. The summed E-state index contributed by atoms with van der Waals surface area (Å²) in [6.07, 6.45) is 8.04. The Morgan fingerprint density at radius 3 is 2.30 bits per heavy atom. The summed E-state index contributed by atoms with van der Waals surface area (Å²) in [6.45, 7) is 2.22. The molecule has 1 nitrogen and oxygen atoms in total. The van der Waals surface area contributed by atoms with E-state index in [9.17, 15) is 0 Å². The third-order valence-corrected chi connectivity index (χ3v) is 9.60. The number of aryl methyl sites for hydroxylation is 2. The number of hydrogen-bond acceptors (Lipinski definition) is 0. The zero-order chi connectivity index (χ0) is 16.6. The van der Waals surface area contributed by atoms with Crippen molar-refractivity contribution in [1.82, 2.24) is 0 Å². The molecular formula is C21H30GeN+. The molecule has 1 aromatic carbocycles. The van der Waals surface area contributed by atoms with Gasteiger partial charge in [-0.05, 0) is 0 Å². The Bertz CT molecular complexity index is 706. The van der Waals surface area contributed by atoms with Crippen LogP contribution in [0.5, 0.6) is 0 Å². The van der Waals surface area contributed by atoms with Crippen molar-refractivity contribution in [3.63, 3.8) is 0 Å². The first-order chi connectivity index (χ1) is 10.9. The monoisotopic (exact) mass is 370 g/mol. The van der Waals surface area contributed by atoms with E-state index in [0.29, 0.717) is 0 Å². The van der Waals surface area contributed by atoms with Crippen LogP contribution in [-0.2, 0) is 7.05 Å². The Balaban J connectivity index is 2.19. The summed E-state index contributed by atoms with van der Waals surface area (Å²) in [5.41, 5.74) is 5.79. The van der Waals surface area contributed by atoms with Crippen LogP contribution in [-0.4, -0.2) is 13.3 Å². The van der Waals surface area contributed by atoms with E-state index >= 15 is 0 Å². The number of aromatic nitrogens is 1. The van der Waals surface area contributed by atoms with Crippen LogP contribution in [0.15, 0.2) is 36.5 Å². The number of rotatable bonds is 3. The van der Waals surface area contributed by atoms with Crippen LogP contribution in [0.2, 0.25) is 17.3 Å². The number of pyridine rings is 1. The van der Waals surface area contributed by atoms with Gasteiger partial charge in [0.15, 0.2) is 0 Å². The first-order valence-electron chi connectivity index (χ1n) is 8.98. The quantitative estimate of drug-likeness (QED) is 0.546. The molecule has 0 bridgehead atoms. The molecule has 3 rings (SSSR count). The summed E-state index contributed by atoms with van der Waals surface area (Å²) < 4.78 is 4.07. The van der Waals surface area contributed by atoms with Gasteiger partial charge in [-0.1, -0.05) is 0 Å². The molecular weight excluding hydrogens is 339 g/mol. The van der Waals surface area contributed by atoms with Gasteiger partial charge in [0.25, 0.3) is 0 Å². The molecule has 1 aliphatic carbocycles. The van der Waals surface area contributed by atoms with Crippen LogP contribution in [0.4, 0.5) is 0 Å². The summed E-state index contributed by atoms with van der Waals surface area (Å²) >= 11 is -1.87. The minimum absolute atomic E-state index is 0.791. The molecule has 0 unspecified atom stereocenters.